The fraction of sp³-hybridized carbons (Fsp3) is 0.450. The van der Waals surface area contributed by atoms with E-state index in [4.69, 9.17) is 0 Å². The first-order chi connectivity index (χ1) is 13.8. The van der Waals surface area contributed by atoms with Crippen LogP contribution in [0.5, 0.6) is 0 Å². The highest BCUT2D eigenvalue weighted by Gasteiger charge is 2.47. The molecule has 154 valence electrons. The fourth-order valence-electron chi connectivity index (χ4n) is 4.32. The lowest BCUT2D eigenvalue weighted by atomic mass is 9.82. The van der Waals surface area contributed by atoms with Gasteiger partial charge in [0.1, 0.15) is 6.04 Å². The molecule has 2 aliphatic heterocycles. The molecule has 3 N–H and O–H groups in total. The number of aliphatic hydroxyl groups is 1. The second-order valence-electron chi connectivity index (χ2n) is 7.93. The van der Waals surface area contributed by atoms with Crippen molar-refractivity contribution in [3.05, 3.63) is 41.0 Å². The summed E-state index contributed by atoms with van der Waals surface area (Å²) in [6, 6.07) is 7.22. The van der Waals surface area contributed by atoms with E-state index in [1.54, 1.807) is 11.3 Å². The first-order valence-electron chi connectivity index (χ1n) is 9.48. The van der Waals surface area contributed by atoms with Crippen LogP contribution in [-0.2, 0) is 10.3 Å². The third kappa shape index (κ3) is 3.61. The zero-order chi connectivity index (χ0) is 20.8. The number of rotatable bonds is 4. The quantitative estimate of drug-likeness (QED) is 0.697. The van der Waals surface area contributed by atoms with Gasteiger partial charge in [0.15, 0.2) is 0 Å². The van der Waals surface area contributed by atoms with Gasteiger partial charge in [-0.05, 0) is 25.1 Å². The van der Waals surface area contributed by atoms with Gasteiger partial charge in [-0.25, -0.2) is 9.78 Å². The van der Waals surface area contributed by atoms with Crippen LogP contribution in [0.1, 0.15) is 17.7 Å². The van der Waals surface area contributed by atoms with Crippen LogP contribution in [-0.4, -0.2) is 75.8 Å². The van der Waals surface area contributed by atoms with Gasteiger partial charge in [-0.15, -0.1) is 11.3 Å². The van der Waals surface area contributed by atoms with Crippen molar-refractivity contribution < 1.29 is 19.8 Å². The first-order valence-corrected chi connectivity index (χ1v) is 10.4. The normalized spacial score (nSPS) is 23.6. The van der Waals surface area contributed by atoms with E-state index in [-0.39, 0.29) is 18.9 Å². The smallest absolute Gasteiger partial charge is 0.408 e. The Hall–Kier alpha value is -2.49. The Morgan fingerprint density at radius 2 is 1.97 bits per heavy atom. The molecular weight excluding hydrogens is 392 g/mol. The lowest BCUT2D eigenvalue weighted by molar-refractivity contribution is -0.129. The molecule has 0 radical (unpaired) electrons. The molecule has 2 amide bonds. The Bertz CT molecular complexity index is 923. The van der Waals surface area contributed by atoms with Crippen molar-refractivity contribution in [2.45, 2.75) is 31.0 Å². The number of amides is 2. The topological polar surface area (TPSA) is 106 Å². The van der Waals surface area contributed by atoms with Crippen LogP contribution < -0.4 is 5.32 Å². The summed E-state index contributed by atoms with van der Waals surface area (Å²) in [5, 5.41) is 22.3. The summed E-state index contributed by atoms with van der Waals surface area (Å²) in [6.07, 6.45) is -1.89. The number of thiazole rings is 1. The third-order valence-electron chi connectivity index (χ3n) is 5.71. The summed E-state index contributed by atoms with van der Waals surface area (Å²) < 4.78 is 0. The molecule has 9 heteroatoms. The lowest BCUT2D eigenvalue weighted by Crippen LogP contribution is -2.68. The number of hydrogen-bond donors (Lipinski definition) is 3. The van der Waals surface area contributed by atoms with Gasteiger partial charge in [0.2, 0.25) is 5.91 Å². The summed E-state index contributed by atoms with van der Waals surface area (Å²) in [5.74, 6) is -0.362. The second-order valence-corrected chi connectivity index (χ2v) is 8.78. The zero-order valence-electron chi connectivity index (χ0n) is 16.3. The minimum atomic E-state index is -1.19. The van der Waals surface area contributed by atoms with Crippen LogP contribution in [0.25, 0.3) is 10.4 Å². The molecule has 1 aromatic carbocycles. The van der Waals surface area contributed by atoms with Crippen LogP contribution in [0.2, 0.25) is 0 Å². The van der Waals surface area contributed by atoms with E-state index in [9.17, 15) is 19.8 Å². The highest BCUT2D eigenvalue weighted by Crippen LogP contribution is 2.34. The molecule has 0 spiro atoms. The summed E-state index contributed by atoms with van der Waals surface area (Å²) >= 11 is 1.59. The number of aryl methyl sites for hydroxylation is 1. The third-order valence-corrected chi connectivity index (χ3v) is 6.69. The number of hydrogen-bond acceptors (Lipinski definition) is 6. The molecule has 29 heavy (non-hydrogen) atoms. The van der Waals surface area contributed by atoms with E-state index in [1.165, 1.54) is 0 Å². The van der Waals surface area contributed by atoms with Crippen molar-refractivity contribution >= 4 is 23.3 Å². The van der Waals surface area contributed by atoms with Crippen molar-refractivity contribution in [2.24, 2.45) is 0 Å². The number of likely N-dealkylation sites (tertiary alicyclic amines) is 2. The van der Waals surface area contributed by atoms with Gasteiger partial charge >= 0.3 is 6.09 Å². The van der Waals surface area contributed by atoms with Crippen molar-refractivity contribution in [1.82, 2.24) is 20.1 Å². The molecule has 0 saturated carbocycles. The van der Waals surface area contributed by atoms with E-state index in [0.717, 1.165) is 26.6 Å². The molecule has 2 saturated heterocycles. The number of carbonyl (C=O) groups excluding carboxylic acids is 1. The standard InChI is InChI=1S/C20H24N4O4S/c1-12-17(29-11-21-12)13-3-5-14(6-4-13)20(9-23(2)10-20)22-18(26)16-7-15(25)8-24(16)19(27)28/h3-6,11,15-16,25H,7-10H2,1-2H3,(H,22,26)(H,27,28)/t15-,16+/m1/s1. The van der Waals surface area contributed by atoms with Crippen LogP contribution in [0.15, 0.2) is 29.8 Å². The minimum Gasteiger partial charge on any atom is -0.465 e. The number of carboxylic acid groups (broad SMARTS) is 1. The van der Waals surface area contributed by atoms with Crippen LogP contribution >= 0.6 is 11.3 Å². The molecule has 2 aromatic rings. The summed E-state index contributed by atoms with van der Waals surface area (Å²) in [7, 11) is 1.97. The molecule has 1 aromatic heterocycles. The molecule has 4 rings (SSSR count). The minimum absolute atomic E-state index is 0.0385. The van der Waals surface area contributed by atoms with Gasteiger partial charge in [-0.3, -0.25) is 9.69 Å². The largest absolute Gasteiger partial charge is 0.465 e. The number of aliphatic hydroxyl groups excluding tert-OH is 1. The molecule has 2 fully saturated rings. The van der Waals surface area contributed by atoms with E-state index >= 15 is 0 Å². The fourth-order valence-corrected chi connectivity index (χ4v) is 5.13. The van der Waals surface area contributed by atoms with Crippen LogP contribution in [0.4, 0.5) is 4.79 Å². The van der Waals surface area contributed by atoms with E-state index in [0.29, 0.717) is 13.1 Å². The Labute approximate surface area is 172 Å². The average molecular weight is 417 g/mol. The average Bonchev–Trinajstić information content (AvgIpc) is 3.26. The van der Waals surface area contributed by atoms with Crippen LogP contribution in [0, 0.1) is 6.92 Å². The Morgan fingerprint density at radius 3 is 2.52 bits per heavy atom. The van der Waals surface area contributed by atoms with Gasteiger partial charge < -0.3 is 20.4 Å². The van der Waals surface area contributed by atoms with Gasteiger partial charge in [-0.1, -0.05) is 24.3 Å². The molecule has 0 aliphatic carbocycles. The van der Waals surface area contributed by atoms with E-state index < -0.39 is 23.8 Å². The molecule has 3 heterocycles. The maximum atomic E-state index is 12.9. The maximum absolute atomic E-state index is 12.9. The number of carbonyl (C=O) groups is 2. The Morgan fingerprint density at radius 1 is 1.28 bits per heavy atom. The summed E-state index contributed by atoms with van der Waals surface area (Å²) in [6.45, 7) is 3.22. The zero-order valence-corrected chi connectivity index (χ0v) is 17.1. The number of aromatic nitrogens is 1. The van der Waals surface area contributed by atoms with Crippen LogP contribution in [0.3, 0.4) is 0 Å². The Kier molecular flexibility index (Phi) is 5.05. The second kappa shape index (κ2) is 7.40. The molecule has 8 nitrogen and oxygen atoms in total. The summed E-state index contributed by atoms with van der Waals surface area (Å²) in [4.78, 5) is 32.9. The summed E-state index contributed by atoms with van der Waals surface area (Å²) in [5.41, 5.74) is 4.31. The molecule has 0 unspecified atom stereocenters. The van der Waals surface area contributed by atoms with E-state index in [2.05, 4.69) is 15.2 Å². The number of β-amino-alcohol motifs (C(OH)–C–C–N with tert-alkyl or cyclic N) is 1. The predicted octanol–water partition coefficient (Wildman–Crippen LogP) is 1.49. The molecule has 2 aliphatic rings. The molecule has 2 atom stereocenters. The maximum Gasteiger partial charge on any atom is 0.408 e. The number of nitrogens with one attached hydrogen (secondary N) is 1. The SMILES string of the molecule is Cc1ncsc1-c1ccc(C2(NC(=O)[C@@H]3C[C@@H](O)CN3C(=O)O)CN(C)C2)cc1. The predicted molar refractivity (Wildman–Crippen MR) is 109 cm³/mol. The van der Waals surface area contributed by atoms with Crippen molar-refractivity contribution in [3.63, 3.8) is 0 Å². The Balaban J connectivity index is 1.56. The molecule has 0 bridgehead atoms. The monoisotopic (exact) mass is 416 g/mol. The van der Waals surface area contributed by atoms with Gasteiger partial charge in [0.25, 0.3) is 0 Å². The van der Waals surface area contributed by atoms with Gasteiger partial charge in [0.05, 0.1) is 34.3 Å². The van der Waals surface area contributed by atoms with E-state index in [1.807, 2.05) is 43.7 Å². The first kappa shape index (κ1) is 19.8. The highest BCUT2D eigenvalue weighted by molar-refractivity contribution is 7.13. The highest BCUT2D eigenvalue weighted by atomic mass is 32.1. The number of benzene rings is 1. The lowest BCUT2D eigenvalue weighted by Gasteiger charge is -2.50. The number of likely N-dealkylation sites (N-methyl/N-ethyl adjacent to an activating group) is 1. The van der Waals surface area contributed by atoms with Gasteiger partial charge in [-0.2, -0.15) is 0 Å². The van der Waals surface area contributed by atoms with Gasteiger partial charge in [0, 0.05) is 19.5 Å². The van der Waals surface area contributed by atoms with Crippen molar-refractivity contribution in [1.29, 1.82) is 0 Å². The van der Waals surface area contributed by atoms with Crippen molar-refractivity contribution in [2.75, 3.05) is 26.7 Å². The molecular formula is C20H24N4O4S. The number of nitrogens with zero attached hydrogens (tertiary/aromatic N) is 3. The van der Waals surface area contributed by atoms with Crippen molar-refractivity contribution in [3.8, 4) is 10.4 Å².